The average Bonchev–Trinajstić information content (AvgIpc) is 3.22. The molecule has 3 aromatic rings. The molecule has 37 heavy (non-hydrogen) atoms. The highest BCUT2D eigenvalue weighted by Gasteiger charge is 2.43. The van der Waals surface area contributed by atoms with E-state index in [1.807, 2.05) is 0 Å². The summed E-state index contributed by atoms with van der Waals surface area (Å²) in [6, 6.07) is 3.72. The number of nitrogens with zero attached hydrogens (tertiary/aromatic N) is 4. The van der Waals surface area contributed by atoms with Crippen molar-refractivity contribution >= 4 is 50.3 Å². The molecule has 2 bridgehead atoms. The molecule has 2 aromatic heterocycles. The molecule has 1 aromatic carbocycles. The number of nitrogen functional groups attached to an aromatic ring is 1. The van der Waals surface area contributed by atoms with Crippen molar-refractivity contribution in [3.8, 4) is 11.1 Å². The summed E-state index contributed by atoms with van der Waals surface area (Å²) in [5.74, 6) is 5.74. The van der Waals surface area contributed by atoms with Gasteiger partial charge in [0.1, 0.15) is 16.8 Å². The van der Waals surface area contributed by atoms with Gasteiger partial charge in [-0.25, -0.2) is 22.8 Å². The Morgan fingerprint density at radius 3 is 2.51 bits per heavy atom. The van der Waals surface area contributed by atoms with Crippen LogP contribution >= 0.6 is 22.9 Å². The van der Waals surface area contributed by atoms with Crippen molar-refractivity contribution in [3.05, 3.63) is 51.7 Å². The third kappa shape index (κ3) is 5.08. The first-order valence-corrected chi connectivity index (χ1v) is 14.4. The number of hydrazone groups is 1. The first-order chi connectivity index (χ1) is 17.7. The van der Waals surface area contributed by atoms with Crippen LogP contribution in [0.5, 0.6) is 0 Å². The number of anilines is 2. The van der Waals surface area contributed by atoms with Crippen LogP contribution in [0.25, 0.3) is 11.1 Å². The van der Waals surface area contributed by atoms with E-state index in [2.05, 4.69) is 20.0 Å². The van der Waals surface area contributed by atoms with Crippen LogP contribution in [0.2, 0.25) is 5.02 Å². The third-order valence-corrected chi connectivity index (χ3v) is 8.73. The largest absolute Gasteiger partial charge is 0.471 e. The van der Waals surface area contributed by atoms with E-state index < -0.39 is 15.7 Å². The molecule has 2 unspecified atom stereocenters. The molecule has 2 saturated heterocycles. The lowest BCUT2D eigenvalue weighted by molar-refractivity contribution is -0.0804. The number of benzene rings is 1. The van der Waals surface area contributed by atoms with E-state index in [0.29, 0.717) is 47.7 Å². The summed E-state index contributed by atoms with van der Waals surface area (Å²) in [4.78, 5) is 11.1. The molecule has 4 N–H and O–H groups in total. The lowest BCUT2D eigenvalue weighted by Gasteiger charge is -2.46. The van der Waals surface area contributed by atoms with Gasteiger partial charge < -0.3 is 25.9 Å². The maximum absolute atomic E-state index is 14.8. The number of piperidine rings is 1. The van der Waals surface area contributed by atoms with Crippen molar-refractivity contribution in [2.24, 2.45) is 22.8 Å². The lowest BCUT2D eigenvalue weighted by Crippen LogP contribution is -2.57. The van der Waals surface area contributed by atoms with Crippen molar-refractivity contribution < 1.29 is 22.3 Å². The van der Waals surface area contributed by atoms with Crippen LogP contribution in [-0.2, 0) is 19.3 Å². The Bertz CT molecular complexity index is 1440. The molecule has 2 aliphatic heterocycles. The number of rotatable bonds is 5. The SMILES string of the molecule is CS(=O)(=O)c1ccc(-c2csc(/C(=N/N)OC3C4COCC3CN(c3ncc(Cl)cn3)C4)c2N)c(F)c1. The first-order valence-electron chi connectivity index (χ1n) is 11.3. The minimum atomic E-state index is -3.55. The molecular formula is C23H24ClFN6O4S2. The molecule has 0 spiro atoms. The number of nitrogens with two attached hydrogens (primary N) is 2. The highest BCUT2D eigenvalue weighted by molar-refractivity contribution is 7.90. The summed E-state index contributed by atoms with van der Waals surface area (Å²) >= 11 is 7.14. The van der Waals surface area contributed by atoms with Gasteiger partial charge in [0.25, 0.3) is 0 Å². The molecular weight excluding hydrogens is 543 g/mol. The second kappa shape index (κ2) is 10.0. The van der Waals surface area contributed by atoms with Gasteiger partial charge in [-0.2, -0.15) is 0 Å². The topological polar surface area (TPSA) is 146 Å². The van der Waals surface area contributed by atoms with E-state index in [9.17, 15) is 12.8 Å². The number of hydrogen-bond acceptors (Lipinski definition) is 11. The zero-order valence-electron chi connectivity index (χ0n) is 19.7. The molecule has 0 saturated carbocycles. The quantitative estimate of drug-likeness (QED) is 0.206. The molecule has 5 rings (SSSR count). The number of fused-ring (bicyclic) bond motifs is 2. The normalized spacial score (nSPS) is 22.2. The minimum Gasteiger partial charge on any atom is -0.471 e. The fourth-order valence-corrected chi connectivity index (χ4v) is 6.34. The van der Waals surface area contributed by atoms with Crippen molar-refractivity contribution in [1.29, 1.82) is 0 Å². The smallest absolute Gasteiger partial charge is 0.250 e. The van der Waals surface area contributed by atoms with Crippen LogP contribution in [0.15, 0.2) is 46.0 Å². The number of hydrogen-bond donors (Lipinski definition) is 2. The zero-order chi connectivity index (χ0) is 26.3. The van der Waals surface area contributed by atoms with Crippen LogP contribution in [0, 0.1) is 17.7 Å². The molecule has 196 valence electrons. The van der Waals surface area contributed by atoms with Gasteiger partial charge in [0, 0.05) is 47.7 Å². The van der Waals surface area contributed by atoms with Gasteiger partial charge in [0.15, 0.2) is 9.84 Å². The summed E-state index contributed by atoms with van der Waals surface area (Å²) in [7, 11) is -3.55. The van der Waals surface area contributed by atoms with Crippen LogP contribution in [0.1, 0.15) is 4.88 Å². The summed E-state index contributed by atoms with van der Waals surface area (Å²) in [5.41, 5.74) is 7.20. The summed E-state index contributed by atoms with van der Waals surface area (Å²) in [6.07, 6.45) is 3.90. The second-order valence-electron chi connectivity index (χ2n) is 8.99. The number of thiophene rings is 1. The van der Waals surface area contributed by atoms with Crippen LogP contribution in [-0.4, -0.2) is 62.9 Å². The zero-order valence-corrected chi connectivity index (χ0v) is 22.1. The molecule has 14 heteroatoms. The Balaban J connectivity index is 1.37. The van der Waals surface area contributed by atoms with Gasteiger partial charge >= 0.3 is 0 Å². The molecule has 0 aliphatic carbocycles. The Hall–Kier alpha value is -3.00. The Kier molecular flexibility index (Phi) is 6.96. The van der Waals surface area contributed by atoms with E-state index in [1.54, 1.807) is 17.8 Å². The maximum Gasteiger partial charge on any atom is 0.250 e. The Morgan fingerprint density at radius 2 is 1.92 bits per heavy atom. The van der Waals surface area contributed by atoms with E-state index in [-0.39, 0.29) is 40.0 Å². The number of ether oxygens (including phenoxy) is 2. The van der Waals surface area contributed by atoms with Crippen molar-refractivity contribution in [1.82, 2.24) is 9.97 Å². The molecule has 10 nitrogen and oxygen atoms in total. The predicted octanol–water partition coefficient (Wildman–Crippen LogP) is 2.77. The fraction of sp³-hybridized carbons (Fsp3) is 0.348. The highest BCUT2D eigenvalue weighted by Crippen LogP contribution is 2.38. The Morgan fingerprint density at radius 1 is 1.24 bits per heavy atom. The van der Waals surface area contributed by atoms with Gasteiger partial charge in [-0.3, -0.25) is 0 Å². The van der Waals surface area contributed by atoms with Crippen LogP contribution in [0.3, 0.4) is 0 Å². The lowest BCUT2D eigenvalue weighted by atomic mass is 9.84. The fourth-order valence-electron chi connectivity index (χ4n) is 4.68. The molecule has 2 fully saturated rings. The molecule has 2 aliphatic rings. The van der Waals surface area contributed by atoms with Crippen LogP contribution in [0.4, 0.5) is 16.0 Å². The minimum absolute atomic E-state index is 0.00910. The second-order valence-corrected chi connectivity index (χ2v) is 12.3. The van der Waals surface area contributed by atoms with Gasteiger partial charge in [0.2, 0.25) is 11.8 Å². The van der Waals surface area contributed by atoms with Gasteiger partial charge in [-0.15, -0.1) is 16.4 Å². The molecule has 0 radical (unpaired) electrons. The van der Waals surface area contributed by atoms with E-state index in [0.717, 1.165) is 12.3 Å². The van der Waals surface area contributed by atoms with E-state index >= 15 is 0 Å². The van der Waals surface area contributed by atoms with Crippen LogP contribution < -0.4 is 16.5 Å². The van der Waals surface area contributed by atoms with E-state index in [1.165, 1.54) is 23.5 Å². The Labute approximate surface area is 222 Å². The summed E-state index contributed by atoms with van der Waals surface area (Å²) in [5, 5.41) is 6.00. The van der Waals surface area contributed by atoms with Gasteiger partial charge in [-0.1, -0.05) is 17.7 Å². The third-order valence-electron chi connectivity index (χ3n) is 6.44. The maximum atomic E-state index is 14.8. The monoisotopic (exact) mass is 566 g/mol. The van der Waals surface area contributed by atoms with E-state index in [4.69, 9.17) is 32.7 Å². The first kappa shape index (κ1) is 25.6. The number of sulfone groups is 1. The van der Waals surface area contributed by atoms with Crippen molar-refractivity contribution in [3.63, 3.8) is 0 Å². The van der Waals surface area contributed by atoms with Gasteiger partial charge in [0.05, 0.1) is 41.2 Å². The predicted molar refractivity (Wildman–Crippen MR) is 140 cm³/mol. The highest BCUT2D eigenvalue weighted by atomic mass is 35.5. The summed E-state index contributed by atoms with van der Waals surface area (Å²) in [6.45, 7) is 2.16. The molecule has 2 atom stereocenters. The summed E-state index contributed by atoms with van der Waals surface area (Å²) < 4.78 is 50.5. The van der Waals surface area contributed by atoms with Crippen molar-refractivity contribution in [2.45, 2.75) is 11.0 Å². The average molecular weight is 567 g/mol. The number of halogens is 2. The van der Waals surface area contributed by atoms with Crippen molar-refractivity contribution in [2.75, 3.05) is 43.2 Å². The number of aromatic nitrogens is 2. The molecule has 4 heterocycles. The standard InChI is InChI=1S/C23H24ClFN6O4S2/c1-37(32,33)15-2-3-16(18(25)4-15)17-11-36-21(19(17)26)22(30-27)35-20-12-7-31(8-13(20)10-34-9-12)23-28-5-14(24)6-29-23/h2-6,11-13,20H,7-10,26-27H2,1H3/b30-22-. The van der Waals surface area contributed by atoms with Gasteiger partial charge in [-0.05, 0) is 12.1 Å². The molecule has 0 amide bonds.